The van der Waals surface area contributed by atoms with Crippen LogP contribution in [0.5, 0.6) is 11.5 Å². The van der Waals surface area contributed by atoms with E-state index in [-0.39, 0.29) is 5.91 Å². The van der Waals surface area contributed by atoms with E-state index in [1.165, 1.54) is 0 Å². The Morgan fingerprint density at radius 3 is 2.66 bits per heavy atom. The number of imidazole rings is 1. The number of methoxy groups -OCH3 is 1. The van der Waals surface area contributed by atoms with E-state index in [0.29, 0.717) is 31.0 Å². The molecule has 0 aliphatic carbocycles. The number of carbonyl (C=O) groups excluding carboxylic acids is 1. The Bertz CT molecular complexity index is 1310. The summed E-state index contributed by atoms with van der Waals surface area (Å²) in [5.74, 6) is 2.21. The van der Waals surface area contributed by atoms with E-state index in [9.17, 15) is 4.79 Å². The monoisotopic (exact) mass is 470 g/mol. The van der Waals surface area contributed by atoms with Crippen LogP contribution in [-0.4, -0.2) is 46.1 Å². The van der Waals surface area contributed by atoms with Crippen molar-refractivity contribution in [3.8, 4) is 11.5 Å². The Kier molecular flexibility index (Phi) is 7.77. The quantitative estimate of drug-likeness (QED) is 0.298. The maximum Gasteiger partial charge on any atom is 0.254 e. The summed E-state index contributed by atoms with van der Waals surface area (Å²) in [6.07, 6.45) is 8.03. The topological polar surface area (TPSA) is 69.5 Å². The fourth-order valence-electron chi connectivity index (χ4n) is 4.00. The van der Waals surface area contributed by atoms with Crippen LogP contribution in [0.15, 0.2) is 73.1 Å². The van der Waals surface area contributed by atoms with Crippen LogP contribution in [-0.2, 0) is 13.1 Å². The van der Waals surface area contributed by atoms with Gasteiger partial charge in [-0.2, -0.15) is 0 Å². The van der Waals surface area contributed by atoms with Crippen molar-refractivity contribution in [1.29, 1.82) is 0 Å². The highest BCUT2D eigenvalue weighted by Gasteiger charge is 2.17. The highest BCUT2D eigenvalue weighted by molar-refractivity contribution is 5.93. The summed E-state index contributed by atoms with van der Waals surface area (Å²) in [5.41, 5.74) is 3.62. The number of fused-ring (bicyclic) bond motifs is 1. The second-order valence-electron chi connectivity index (χ2n) is 8.18. The molecule has 7 heteroatoms. The van der Waals surface area contributed by atoms with Crippen molar-refractivity contribution < 1.29 is 14.3 Å². The van der Waals surface area contributed by atoms with Crippen LogP contribution in [0, 0.1) is 0 Å². The van der Waals surface area contributed by atoms with E-state index >= 15 is 0 Å². The van der Waals surface area contributed by atoms with Gasteiger partial charge in [-0.1, -0.05) is 30.4 Å². The molecule has 0 unspecified atom stereocenters. The van der Waals surface area contributed by atoms with Crippen LogP contribution in [0.25, 0.3) is 17.1 Å². The summed E-state index contributed by atoms with van der Waals surface area (Å²) in [6, 6.07) is 17.4. The first-order valence-electron chi connectivity index (χ1n) is 11.6. The minimum atomic E-state index is -0.0669. The number of benzene rings is 2. The third-order valence-corrected chi connectivity index (χ3v) is 5.72. The normalized spacial score (nSPS) is 11.2. The Labute approximate surface area is 205 Å². The number of pyridine rings is 1. The summed E-state index contributed by atoms with van der Waals surface area (Å²) in [5, 5.41) is 0. The number of aryl methyl sites for hydroxylation is 1. The maximum absolute atomic E-state index is 12.8. The summed E-state index contributed by atoms with van der Waals surface area (Å²) >= 11 is 0. The van der Waals surface area contributed by atoms with E-state index < -0.39 is 0 Å². The Morgan fingerprint density at radius 1 is 1.09 bits per heavy atom. The summed E-state index contributed by atoms with van der Waals surface area (Å²) in [4.78, 5) is 23.3. The van der Waals surface area contributed by atoms with Crippen LogP contribution in [0.4, 0.5) is 0 Å². The molecule has 2 heterocycles. The third-order valence-electron chi connectivity index (χ3n) is 5.72. The molecule has 4 rings (SSSR count). The van der Waals surface area contributed by atoms with Gasteiger partial charge in [0.15, 0.2) is 11.5 Å². The molecule has 0 aliphatic rings. The molecule has 2 aromatic heterocycles. The smallest absolute Gasteiger partial charge is 0.254 e. The predicted molar refractivity (Wildman–Crippen MR) is 138 cm³/mol. The fourth-order valence-corrected chi connectivity index (χ4v) is 4.00. The van der Waals surface area contributed by atoms with Crippen molar-refractivity contribution >= 4 is 23.0 Å². The highest BCUT2D eigenvalue weighted by Crippen LogP contribution is 2.29. The van der Waals surface area contributed by atoms with Crippen molar-refractivity contribution in [2.45, 2.75) is 26.4 Å². The molecule has 35 heavy (non-hydrogen) atoms. The number of rotatable bonds is 10. The van der Waals surface area contributed by atoms with Gasteiger partial charge in [0.1, 0.15) is 5.82 Å². The molecule has 0 spiro atoms. The lowest BCUT2D eigenvalue weighted by Crippen LogP contribution is -2.28. The molecule has 0 saturated carbocycles. The van der Waals surface area contributed by atoms with Crippen molar-refractivity contribution in [3.05, 3.63) is 90.0 Å². The van der Waals surface area contributed by atoms with E-state index in [2.05, 4.69) is 15.6 Å². The van der Waals surface area contributed by atoms with Crippen LogP contribution >= 0.6 is 0 Å². The zero-order valence-electron chi connectivity index (χ0n) is 20.3. The van der Waals surface area contributed by atoms with Gasteiger partial charge < -0.3 is 18.9 Å². The summed E-state index contributed by atoms with van der Waals surface area (Å²) < 4.78 is 13.7. The lowest BCUT2D eigenvalue weighted by atomic mass is 10.2. The van der Waals surface area contributed by atoms with Gasteiger partial charge in [-0.05, 0) is 55.3 Å². The molecule has 4 aromatic rings. The molecular formula is C28H30N4O3. The lowest BCUT2D eigenvalue weighted by Gasteiger charge is -2.18. The van der Waals surface area contributed by atoms with Gasteiger partial charge in [-0.15, -0.1) is 0 Å². The number of aromatic nitrogens is 3. The molecule has 0 N–H and O–H groups in total. The SMILES string of the molecule is C/C=C/c1ccc(OCCCn2c(CN(C)C(=O)c3ccncc3)nc3ccccc32)c(OC)c1. The number of para-hydroxylation sites is 2. The molecule has 0 saturated heterocycles. The van der Waals surface area contributed by atoms with Crippen molar-refractivity contribution in [2.24, 2.45) is 0 Å². The van der Waals surface area contributed by atoms with Crippen LogP contribution in [0.1, 0.15) is 35.1 Å². The fraction of sp³-hybridized carbons (Fsp3) is 0.250. The van der Waals surface area contributed by atoms with Crippen molar-refractivity contribution in [1.82, 2.24) is 19.4 Å². The average molecular weight is 471 g/mol. The van der Waals surface area contributed by atoms with Crippen molar-refractivity contribution in [2.75, 3.05) is 20.8 Å². The Balaban J connectivity index is 1.45. The second kappa shape index (κ2) is 11.3. The van der Waals surface area contributed by atoms with Gasteiger partial charge in [-0.3, -0.25) is 9.78 Å². The molecule has 7 nitrogen and oxygen atoms in total. The Hall–Kier alpha value is -4.13. The van der Waals surface area contributed by atoms with Gasteiger partial charge >= 0.3 is 0 Å². The molecule has 0 fully saturated rings. The summed E-state index contributed by atoms with van der Waals surface area (Å²) in [6.45, 7) is 3.62. The predicted octanol–water partition coefficient (Wildman–Crippen LogP) is 5.21. The third kappa shape index (κ3) is 5.69. The van der Waals surface area contributed by atoms with Crippen LogP contribution in [0.2, 0.25) is 0 Å². The largest absolute Gasteiger partial charge is 0.493 e. The van der Waals surface area contributed by atoms with Gasteiger partial charge in [0.05, 0.1) is 31.3 Å². The van der Waals surface area contributed by atoms with Crippen LogP contribution in [0.3, 0.4) is 0 Å². The molecule has 0 bridgehead atoms. The van der Waals surface area contributed by atoms with Gasteiger partial charge in [0, 0.05) is 31.5 Å². The van der Waals surface area contributed by atoms with E-state index in [4.69, 9.17) is 14.5 Å². The molecular weight excluding hydrogens is 440 g/mol. The minimum Gasteiger partial charge on any atom is -0.493 e. The molecule has 0 radical (unpaired) electrons. The first kappa shape index (κ1) is 24.0. The van der Waals surface area contributed by atoms with Crippen LogP contribution < -0.4 is 9.47 Å². The van der Waals surface area contributed by atoms with Crippen molar-refractivity contribution in [3.63, 3.8) is 0 Å². The van der Waals surface area contributed by atoms with E-state index in [1.807, 2.05) is 55.5 Å². The molecule has 0 aliphatic heterocycles. The maximum atomic E-state index is 12.8. The molecule has 0 atom stereocenters. The lowest BCUT2D eigenvalue weighted by molar-refractivity contribution is 0.0780. The van der Waals surface area contributed by atoms with Gasteiger partial charge in [-0.25, -0.2) is 4.98 Å². The molecule has 180 valence electrons. The number of ether oxygens (including phenoxy) is 2. The number of hydrogen-bond donors (Lipinski definition) is 0. The zero-order chi connectivity index (χ0) is 24.6. The average Bonchev–Trinajstić information content (AvgIpc) is 3.24. The number of hydrogen-bond acceptors (Lipinski definition) is 5. The number of amides is 1. The standard InChI is InChI=1S/C28H30N4O3/c1-4-8-21-11-12-25(26(19-21)34-3)35-18-7-17-32-24-10-6-5-9-23(24)30-27(32)20-31(2)28(33)22-13-15-29-16-14-22/h4-6,8-16,19H,7,17-18,20H2,1-3H3/b8-4+. The zero-order valence-corrected chi connectivity index (χ0v) is 20.3. The van der Waals surface area contributed by atoms with E-state index in [0.717, 1.165) is 34.6 Å². The number of allylic oxidation sites excluding steroid dienone is 1. The minimum absolute atomic E-state index is 0.0669. The van der Waals surface area contributed by atoms with E-state index in [1.54, 1.807) is 43.6 Å². The highest BCUT2D eigenvalue weighted by atomic mass is 16.5. The first-order chi connectivity index (χ1) is 17.1. The molecule has 1 amide bonds. The Morgan fingerprint density at radius 2 is 1.89 bits per heavy atom. The van der Waals surface area contributed by atoms with Gasteiger partial charge in [0.2, 0.25) is 0 Å². The van der Waals surface area contributed by atoms with Gasteiger partial charge in [0.25, 0.3) is 5.91 Å². The number of carbonyl (C=O) groups is 1. The molecule has 2 aromatic carbocycles. The first-order valence-corrected chi connectivity index (χ1v) is 11.6. The summed E-state index contributed by atoms with van der Waals surface area (Å²) in [7, 11) is 3.44. The second-order valence-corrected chi connectivity index (χ2v) is 8.18. The number of nitrogens with zero attached hydrogens (tertiary/aromatic N) is 4.